The van der Waals surface area contributed by atoms with Crippen LogP contribution in [0, 0.1) is 0 Å². The number of aromatic amines is 1. The molecule has 0 unspecified atom stereocenters. The summed E-state index contributed by atoms with van der Waals surface area (Å²) < 4.78 is 26.7. The van der Waals surface area contributed by atoms with E-state index in [2.05, 4.69) is 26.1 Å². The molecule has 19 heavy (non-hydrogen) atoms. The van der Waals surface area contributed by atoms with Crippen LogP contribution in [0.5, 0.6) is 0 Å². The number of nitrogens with two attached hydrogens (primary N) is 1. The maximum absolute atomic E-state index is 12.3. The van der Waals surface area contributed by atoms with Crippen molar-refractivity contribution < 1.29 is 8.42 Å². The first kappa shape index (κ1) is 14.0. The SMILES string of the molecule is CN(Cc1ccccc1Br)S(=O)(=O)c1cn[nH]c1N. The first-order chi connectivity index (χ1) is 8.93. The van der Waals surface area contributed by atoms with Crippen LogP contribution in [0.2, 0.25) is 0 Å². The van der Waals surface area contributed by atoms with Gasteiger partial charge >= 0.3 is 0 Å². The van der Waals surface area contributed by atoms with Crippen LogP contribution in [0.15, 0.2) is 39.8 Å². The summed E-state index contributed by atoms with van der Waals surface area (Å²) >= 11 is 3.39. The van der Waals surface area contributed by atoms with Crippen molar-refractivity contribution in [3.05, 3.63) is 40.5 Å². The van der Waals surface area contributed by atoms with Crippen molar-refractivity contribution in [1.29, 1.82) is 0 Å². The smallest absolute Gasteiger partial charge is 0.248 e. The molecule has 0 aliphatic carbocycles. The number of nitrogen functional groups attached to an aromatic ring is 1. The number of aromatic nitrogens is 2. The Labute approximate surface area is 119 Å². The van der Waals surface area contributed by atoms with Gasteiger partial charge in [0, 0.05) is 18.1 Å². The number of sulfonamides is 1. The van der Waals surface area contributed by atoms with Gasteiger partial charge in [-0.3, -0.25) is 5.10 Å². The Balaban J connectivity index is 2.28. The number of nitrogens with one attached hydrogen (secondary N) is 1. The molecule has 0 atom stereocenters. The molecule has 0 saturated heterocycles. The average molecular weight is 345 g/mol. The Morgan fingerprint density at radius 2 is 2.11 bits per heavy atom. The largest absolute Gasteiger partial charge is 0.383 e. The minimum Gasteiger partial charge on any atom is -0.383 e. The molecule has 0 spiro atoms. The average Bonchev–Trinajstić information content (AvgIpc) is 2.79. The second-order valence-corrected chi connectivity index (χ2v) is 6.87. The van der Waals surface area contributed by atoms with Crippen molar-refractivity contribution in [3.8, 4) is 0 Å². The molecule has 1 aromatic carbocycles. The van der Waals surface area contributed by atoms with Crippen molar-refractivity contribution in [2.45, 2.75) is 11.4 Å². The standard InChI is InChI=1S/C11H13BrN4O2S/c1-16(7-8-4-2-3-5-9(8)12)19(17,18)10-6-14-15-11(10)13/h2-6H,7H2,1H3,(H3,13,14,15). The summed E-state index contributed by atoms with van der Waals surface area (Å²) in [5, 5.41) is 6.05. The number of hydrogen-bond donors (Lipinski definition) is 2. The highest BCUT2D eigenvalue weighted by Crippen LogP contribution is 2.23. The van der Waals surface area contributed by atoms with Gasteiger partial charge in [0.1, 0.15) is 10.7 Å². The number of anilines is 1. The molecule has 102 valence electrons. The van der Waals surface area contributed by atoms with Gasteiger partial charge in [-0.25, -0.2) is 8.42 Å². The summed E-state index contributed by atoms with van der Waals surface area (Å²) in [4.78, 5) is -0.0120. The highest BCUT2D eigenvalue weighted by molar-refractivity contribution is 9.10. The zero-order chi connectivity index (χ0) is 14.0. The van der Waals surface area contributed by atoms with E-state index in [0.717, 1.165) is 10.0 Å². The van der Waals surface area contributed by atoms with E-state index in [-0.39, 0.29) is 17.3 Å². The fourth-order valence-electron chi connectivity index (χ4n) is 1.61. The predicted molar refractivity (Wildman–Crippen MR) is 75.8 cm³/mol. The quantitative estimate of drug-likeness (QED) is 0.880. The lowest BCUT2D eigenvalue weighted by molar-refractivity contribution is 0.466. The Kier molecular flexibility index (Phi) is 3.93. The fourth-order valence-corrected chi connectivity index (χ4v) is 3.17. The van der Waals surface area contributed by atoms with Crippen molar-refractivity contribution in [2.75, 3.05) is 12.8 Å². The van der Waals surface area contributed by atoms with Crippen LogP contribution >= 0.6 is 15.9 Å². The molecule has 0 amide bonds. The fraction of sp³-hybridized carbons (Fsp3) is 0.182. The molecule has 0 saturated carbocycles. The zero-order valence-corrected chi connectivity index (χ0v) is 12.6. The van der Waals surface area contributed by atoms with E-state index in [4.69, 9.17) is 5.73 Å². The lowest BCUT2D eigenvalue weighted by Crippen LogP contribution is -2.27. The van der Waals surface area contributed by atoms with Gasteiger partial charge in [0.15, 0.2) is 0 Å². The van der Waals surface area contributed by atoms with E-state index < -0.39 is 10.0 Å². The van der Waals surface area contributed by atoms with Gasteiger partial charge in [0.2, 0.25) is 10.0 Å². The molecule has 2 rings (SSSR count). The summed E-state index contributed by atoms with van der Waals surface area (Å²) in [5.41, 5.74) is 6.43. The zero-order valence-electron chi connectivity index (χ0n) is 10.2. The summed E-state index contributed by atoms with van der Waals surface area (Å²) in [6.45, 7) is 0.244. The lowest BCUT2D eigenvalue weighted by Gasteiger charge is -2.17. The Hall–Kier alpha value is -1.38. The molecular weight excluding hydrogens is 332 g/mol. The van der Waals surface area contributed by atoms with Crippen LogP contribution in [-0.4, -0.2) is 30.0 Å². The van der Waals surface area contributed by atoms with Crippen LogP contribution in [0.3, 0.4) is 0 Å². The predicted octanol–water partition coefficient (Wildman–Crippen LogP) is 1.58. The van der Waals surface area contributed by atoms with Gasteiger partial charge in [-0.05, 0) is 11.6 Å². The number of halogens is 1. The van der Waals surface area contributed by atoms with E-state index in [9.17, 15) is 8.42 Å². The van der Waals surface area contributed by atoms with Crippen LogP contribution in [0.1, 0.15) is 5.56 Å². The lowest BCUT2D eigenvalue weighted by atomic mass is 10.2. The van der Waals surface area contributed by atoms with Gasteiger partial charge in [-0.2, -0.15) is 9.40 Å². The highest BCUT2D eigenvalue weighted by Gasteiger charge is 2.25. The topological polar surface area (TPSA) is 92.1 Å². The number of hydrogen-bond acceptors (Lipinski definition) is 4. The van der Waals surface area contributed by atoms with E-state index in [1.807, 2.05) is 24.3 Å². The molecule has 6 nitrogen and oxygen atoms in total. The minimum atomic E-state index is -3.65. The van der Waals surface area contributed by atoms with Crippen molar-refractivity contribution in [1.82, 2.24) is 14.5 Å². The van der Waals surface area contributed by atoms with Gasteiger partial charge in [0.05, 0.1) is 6.20 Å². The number of rotatable bonds is 4. The molecular formula is C11H13BrN4O2S. The number of H-pyrrole nitrogens is 1. The van der Waals surface area contributed by atoms with Crippen LogP contribution < -0.4 is 5.73 Å². The maximum atomic E-state index is 12.3. The maximum Gasteiger partial charge on any atom is 0.248 e. The van der Waals surface area contributed by atoms with Crippen LogP contribution in [0.4, 0.5) is 5.82 Å². The summed E-state index contributed by atoms with van der Waals surface area (Å²) in [7, 11) is -2.15. The van der Waals surface area contributed by atoms with E-state index in [1.54, 1.807) is 0 Å². The molecule has 2 aromatic rings. The minimum absolute atomic E-state index is 0.0120. The molecule has 1 aromatic heterocycles. The molecule has 0 radical (unpaired) electrons. The van der Waals surface area contributed by atoms with E-state index in [0.29, 0.717) is 0 Å². The number of benzene rings is 1. The first-order valence-corrected chi connectivity index (χ1v) is 7.65. The Morgan fingerprint density at radius 1 is 1.42 bits per heavy atom. The Bertz CT molecular complexity index is 684. The van der Waals surface area contributed by atoms with Gasteiger partial charge in [-0.1, -0.05) is 34.1 Å². The van der Waals surface area contributed by atoms with Gasteiger partial charge in [-0.15, -0.1) is 0 Å². The third-order valence-electron chi connectivity index (χ3n) is 2.67. The van der Waals surface area contributed by atoms with Crippen molar-refractivity contribution >= 4 is 31.8 Å². The molecule has 0 aliphatic rings. The third-order valence-corrected chi connectivity index (χ3v) is 5.28. The molecule has 0 aliphatic heterocycles. The summed E-state index contributed by atoms with van der Waals surface area (Å²) in [5.74, 6) is 0.0407. The second kappa shape index (κ2) is 5.32. The molecule has 0 fully saturated rings. The van der Waals surface area contributed by atoms with E-state index in [1.165, 1.54) is 17.5 Å². The summed E-state index contributed by atoms with van der Waals surface area (Å²) in [6.07, 6.45) is 1.21. The second-order valence-electron chi connectivity index (χ2n) is 4.00. The normalized spacial score (nSPS) is 11.9. The summed E-state index contributed by atoms with van der Waals surface area (Å²) in [6, 6.07) is 7.44. The van der Waals surface area contributed by atoms with Gasteiger partial charge in [0.25, 0.3) is 0 Å². The van der Waals surface area contributed by atoms with Crippen LogP contribution in [-0.2, 0) is 16.6 Å². The first-order valence-electron chi connectivity index (χ1n) is 5.41. The molecule has 8 heteroatoms. The van der Waals surface area contributed by atoms with Crippen molar-refractivity contribution in [2.24, 2.45) is 0 Å². The van der Waals surface area contributed by atoms with E-state index >= 15 is 0 Å². The molecule has 1 heterocycles. The van der Waals surface area contributed by atoms with Crippen LogP contribution in [0.25, 0.3) is 0 Å². The Morgan fingerprint density at radius 3 is 2.68 bits per heavy atom. The highest BCUT2D eigenvalue weighted by atomic mass is 79.9. The monoisotopic (exact) mass is 344 g/mol. The van der Waals surface area contributed by atoms with Gasteiger partial charge < -0.3 is 5.73 Å². The molecule has 0 bridgehead atoms. The molecule has 3 N–H and O–H groups in total. The van der Waals surface area contributed by atoms with Crippen molar-refractivity contribution in [3.63, 3.8) is 0 Å². The number of nitrogens with zero attached hydrogens (tertiary/aromatic N) is 2. The third kappa shape index (κ3) is 2.80.